The van der Waals surface area contributed by atoms with E-state index in [0.717, 1.165) is 6.42 Å². The summed E-state index contributed by atoms with van der Waals surface area (Å²) in [6, 6.07) is 0. The predicted molar refractivity (Wildman–Crippen MR) is 65.7 cm³/mol. The SMILES string of the molecule is CC(C)(CC(N)=O)NC(=O)C1(C(N)=NO)CCC1. The van der Waals surface area contributed by atoms with Crippen molar-refractivity contribution in [1.82, 2.24) is 5.32 Å². The van der Waals surface area contributed by atoms with E-state index in [-0.39, 0.29) is 18.2 Å². The molecule has 0 radical (unpaired) electrons. The van der Waals surface area contributed by atoms with Crippen LogP contribution in [-0.4, -0.2) is 28.4 Å². The molecule has 0 unspecified atom stereocenters. The smallest absolute Gasteiger partial charge is 0.234 e. The molecule has 0 aromatic heterocycles. The molecule has 0 spiro atoms. The molecule has 18 heavy (non-hydrogen) atoms. The summed E-state index contributed by atoms with van der Waals surface area (Å²) >= 11 is 0. The van der Waals surface area contributed by atoms with Crippen molar-refractivity contribution < 1.29 is 14.8 Å². The Morgan fingerprint density at radius 1 is 1.39 bits per heavy atom. The molecule has 102 valence electrons. The lowest BCUT2D eigenvalue weighted by Crippen LogP contribution is -2.58. The van der Waals surface area contributed by atoms with Gasteiger partial charge in [0, 0.05) is 12.0 Å². The van der Waals surface area contributed by atoms with Gasteiger partial charge in [-0.15, -0.1) is 0 Å². The highest BCUT2D eigenvalue weighted by Crippen LogP contribution is 2.41. The van der Waals surface area contributed by atoms with Gasteiger partial charge in [0.2, 0.25) is 11.8 Å². The van der Waals surface area contributed by atoms with Crippen LogP contribution in [0, 0.1) is 5.41 Å². The molecule has 7 nitrogen and oxygen atoms in total. The highest BCUT2D eigenvalue weighted by Gasteiger charge is 2.49. The van der Waals surface area contributed by atoms with Crippen LogP contribution in [0.25, 0.3) is 0 Å². The van der Waals surface area contributed by atoms with E-state index in [4.69, 9.17) is 16.7 Å². The Hall–Kier alpha value is -1.79. The van der Waals surface area contributed by atoms with Gasteiger partial charge in [-0.05, 0) is 26.7 Å². The molecule has 0 aromatic rings. The second kappa shape index (κ2) is 4.83. The van der Waals surface area contributed by atoms with Gasteiger partial charge in [-0.1, -0.05) is 11.6 Å². The lowest BCUT2D eigenvalue weighted by molar-refractivity contribution is -0.133. The van der Waals surface area contributed by atoms with Gasteiger partial charge in [-0.3, -0.25) is 9.59 Å². The van der Waals surface area contributed by atoms with E-state index in [1.54, 1.807) is 13.8 Å². The number of hydrogen-bond acceptors (Lipinski definition) is 4. The van der Waals surface area contributed by atoms with Gasteiger partial charge in [0.1, 0.15) is 5.41 Å². The van der Waals surface area contributed by atoms with Crippen molar-refractivity contribution in [3.8, 4) is 0 Å². The maximum absolute atomic E-state index is 12.2. The van der Waals surface area contributed by atoms with E-state index in [1.807, 2.05) is 0 Å². The molecular formula is C11H20N4O3. The van der Waals surface area contributed by atoms with E-state index < -0.39 is 16.9 Å². The number of carbonyl (C=O) groups is 2. The van der Waals surface area contributed by atoms with Gasteiger partial charge in [0.05, 0.1) is 0 Å². The van der Waals surface area contributed by atoms with Crippen molar-refractivity contribution in [1.29, 1.82) is 0 Å². The Morgan fingerprint density at radius 3 is 2.28 bits per heavy atom. The van der Waals surface area contributed by atoms with E-state index in [0.29, 0.717) is 12.8 Å². The van der Waals surface area contributed by atoms with Gasteiger partial charge in [0.25, 0.3) is 0 Å². The zero-order valence-corrected chi connectivity index (χ0v) is 10.7. The van der Waals surface area contributed by atoms with Crippen LogP contribution in [-0.2, 0) is 9.59 Å². The number of rotatable bonds is 5. The number of hydrogen-bond donors (Lipinski definition) is 4. The molecule has 1 aliphatic rings. The molecule has 0 aliphatic heterocycles. The first-order valence-corrected chi connectivity index (χ1v) is 5.82. The third-order valence-electron chi connectivity index (χ3n) is 3.31. The molecule has 6 N–H and O–H groups in total. The van der Waals surface area contributed by atoms with Crippen LogP contribution >= 0.6 is 0 Å². The molecule has 7 heteroatoms. The van der Waals surface area contributed by atoms with Gasteiger partial charge in [-0.25, -0.2) is 0 Å². The van der Waals surface area contributed by atoms with E-state index >= 15 is 0 Å². The van der Waals surface area contributed by atoms with E-state index in [9.17, 15) is 9.59 Å². The first kappa shape index (κ1) is 14.3. The van der Waals surface area contributed by atoms with Crippen molar-refractivity contribution in [3.05, 3.63) is 0 Å². The quantitative estimate of drug-likeness (QED) is 0.232. The second-order valence-electron chi connectivity index (χ2n) is 5.40. The maximum Gasteiger partial charge on any atom is 0.234 e. The predicted octanol–water partition coefficient (Wildman–Crippen LogP) is -0.327. The largest absolute Gasteiger partial charge is 0.409 e. The van der Waals surface area contributed by atoms with Crippen LogP contribution in [0.1, 0.15) is 39.5 Å². The lowest BCUT2D eigenvalue weighted by Gasteiger charge is -2.41. The zero-order valence-electron chi connectivity index (χ0n) is 10.7. The summed E-state index contributed by atoms with van der Waals surface area (Å²) < 4.78 is 0. The molecule has 1 fully saturated rings. The summed E-state index contributed by atoms with van der Waals surface area (Å²) in [6.45, 7) is 3.41. The molecule has 0 heterocycles. The minimum atomic E-state index is -0.941. The van der Waals surface area contributed by atoms with Crippen molar-refractivity contribution in [2.24, 2.45) is 22.0 Å². The fourth-order valence-corrected chi connectivity index (χ4v) is 2.13. The van der Waals surface area contributed by atoms with Crippen molar-refractivity contribution in [2.75, 3.05) is 0 Å². The summed E-state index contributed by atoms with van der Waals surface area (Å²) in [4.78, 5) is 23.1. The fourth-order valence-electron chi connectivity index (χ4n) is 2.13. The number of carbonyl (C=O) groups excluding carboxylic acids is 2. The molecule has 1 rings (SSSR count). The molecular weight excluding hydrogens is 236 g/mol. The first-order chi connectivity index (χ1) is 8.23. The monoisotopic (exact) mass is 256 g/mol. The summed E-state index contributed by atoms with van der Waals surface area (Å²) in [5, 5.41) is 14.4. The summed E-state index contributed by atoms with van der Waals surface area (Å²) in [6.07, 6.45) is 1.97. The molecule has 0 bridgehead atoms. The van der Waals surface area contributed by atoms with Crippen LogP contribution in [0.2, 0.25) is 0 Å². The fraction of sp³-hybridized carbons (Fsp3) is 0.727. The molecule has 1 saturated carbocycles. The van der Waals surface area contributed by atoms with Crippen molar-refractivity contribution >= 4 is 17.6 Å². The number of nitrogens with two attached hydrogens (primary N) is 2. The average Bonchev–Trinajstić information content (AvgIpc) is 2.11. The van der Waals surface area contributed by atoms with Crippen LogP contribution in [0.5, 0.6) is 0 Å². The first-order valence-electron chi connectivity index (χ1n) is 5.82. The Balaban J connectivity index is 2.78. The summed E-state index contributed by atoms with van der Waals surface area (Å²) in [5.41, 5.74) is 9.01. The third-order valence-corrected chi connectivity index (χ3v) is 3.31. The van der Waals surface area contributed by atoms with Crippen LogP contribution < -0.4 is 16.8 Å². The van der Waals surface area contributed by atoms with Crippen LogP contribution in [0.4, 0.5) is 0 Å². The average molecular weight is 256 g/mol. The second-order valence-corrected chi connectivity index (χ2v) is 5.40. The van der Waals surface area contributed by atoms with Crippen LogP contribution in [0.3, 0.4) is 0 Å². The minimum Gasteiger partial charge on any atom is -0.409 e. The van der Waals surface area contributed by atoms with Crippen LogP contribution in [0.15, 0.2) is 5.16 Å². The number of nitrogens with zero attached hydrogens (tertiary/aromatic N) is 1. The maximum atomic E-state index is 12.2. The number of oxime groups is 1. The molecule has 0 saturated heterocycles. The number of primary amides is 1. The third kappa shape index (κ3) is 2.72. The topological polar surface area (TPSA) is 131 Å². The molecule has 1 aliphatic carbocycles. The summed E-state index contributed by atoms with van der Waals surface area (Å²) in [5.74, 6) is -0.900. The highest BCUT2D eigenvalue weighted by molar-refractivity contribution is 6.07. The van der Waals surface area contributed by atoms with Gasteiger partial charge in [0.15, 0.2) is 5.84 Å². The zero-order chi connectivity index (χ0) is 14.0. The van der Waals surface area contributed by atoms with Gasteiger partial charge >= 0.3 is 0 Å². The van der Waals surface area contributed by atoms with E-state index in [1.165, 1.54) is 0 Å². The standard InChI is InChI=1S/C11H20N4O3/c1-10(2,6-7(12)16)14-9(17)11(4-3-5-11)8(13)15-18/h18H,3-6H2,1-2H3,(H2,12,16)(H2,13,15)(H,14,17). The Labute approximate surface area is 106 Å². The van der Waals surface area contributed by atoms with Gasteiger partial charge < -0.3 is 22.0 Å². The molecule has 0 aromatic carbocycles. The van der Waals surface area contributed by atoms with Crippen molar-refractivity contribution in [3.63, 3.8) is 0 Å². The minimum absolute atomic E-state index is 0.0327. The number of amidine groups is 1. The Bertz CT molecular complexity index is 386. The van der Waals surface area contributed by atoms with Gasteiger partial charge in [-0.2, -0.15) is 0 Å². The molecule has 0 atom stereocenters. The number of amides is 2. The van der Waals surface area contributed by atoms with Crippen molar-refractivity contribution in [2.45, 2.75) is 45.1 Å². The normalized spacial score (nSPS) is 18.9. The highest BCUT2D eigenvalue weighted by atomic mass is 16.4. The summed E-state index contributed by atoms with van der Waals surface area (Å²) in [7, 11) is 0. The molecule has 2 amide bonds. The Morgan fingerprint density at radius 2 is 1.94 bits per heavy atom. The number of nitrogens with one attached hydrogen (secondary N) is 1. The lowest BCUT2D eigenvalue weighted by atomic mass is 9.67. The Kier molecular flexibility index (Phi) is 3.83. The van der Waals surface area contributed by atoms with E-state index in [2.05, 4.69) is 10.5 Å².